The van der Waals surface area contributed by atoms with Crippen molar-refractivity contribution in [3.63, 3.8) is 0 Å². The van der Waals surface area contributed by atoms with Crippen molar-refractivity contribution in [1.82, 2.24) is 0 Å². The summed E-state index contributed by atoms with van der Waals surface area (Å²) >= 11 is 0. The zero-order valence-corrected chi connectivity index (χ0v) is 67.6. The fourth-order valence-electron chi connectivity index (χ4n) is 10.8. The van der Waals surface area contributed by atoms with E-state index in [-0.39, 0.29) is 19.3 Å². The lowest BCUT2D eigenvalue weighted by atomic mass is 10.0. The second-order valence-corrected chi connectivity index (χ2v) is 30.1. The summed E-state index contributed by atoms with van der Waals surface area (Å²) in [5, 5.41) is 20.7. The molecule has 0 bridgehead atoms. The zero-order valence-electron chi connectivity index (χ0n) is 65.9. The fraction of sp³-hybridized carbons (Fsp3) is 0.690. The number of allylic oxidation sites excluding steroid dienone is 24. The van der Waals surface area contributed by atoms with Crippen LogP contribution in [0.4, 0.5) is 0 Å². The van der Waals surface area contributed by atoms with Gasteiger partial charge in [0.2, 0.25) is 0 Å². The highest BCUT2D eigenvalue weighted by molar-refractivity contribution is 7.47. The molecule has 16 nitrogen and oxygen atoms in total. The van der Waals surface area contributed by atoms with Crippen LogP contribution in [-0.4, -0.2) is 95.9 Å². The van der Waals surface area contributed by atoms with Gasteiger partial charge in [0, 0.05) is 19.3 Å². The Morgan fingerprint density at radius 1 is 0.276 bits per heavy atom. The molecular formula is C87H148O16P2. The Bertz CT molecular complexity index is 2490. The molecular weight excluding hydrogens is 1360 g/mol. The lowest BCUT2D eigenvalue weighted by molar-refractivity contribution is -0.161. The van der Waals surface area contributed by atoms with E-state index in [2.05, 4.69) is 167 Å². The maximum Gasteiger partial charge on any atom is 0.472 e. The van der Waals surface area contributed by atoms with Gasteiger partial charge in [-0.25, -0.2) is 9.13 Å². The number of rotatable bonds is 77. The van der Waals surface area contributed by atoms with Crippen molar-refractivity contribution in [3.05, 3.63) is 146 Å². The first-order valence-electron chi connectivity index (χ1n) is 41.1. The van der Waals surface area contributed by atoms with Crippen molar-refractivity contribution >= 4 is 33.6 Å². The molecule has 0 fully saturated rings. The Labute approximate surface area is 638 Å². The number of carbonyl (C=O) groups excluding carboxylic acids is 3. The van der Waals surface area contributed by atoms with Gasteiger partial charge in [0.05, 0.1) is 26.4 Å². The number of carbonyl (C=O) groups is 3. The van der Waals surface area contributed by atoms with E-state index in [1.54, 1.807) is 0 Å². The summed E-state index contributed by atoms with van der Waals surface area (Å²) in [6.45, 7) is 2.48. The highest BCUT2D eigenvalue weighted by atomic mass is 31.2. The third kappa shape index (κ3) is 80.3. The number of esters is 3. The molecule has 5 unspecified atom stereocenters. The average molecular weight is 1510 g/mol. The predicted octanol–water partition coefficient (Wildman–Crippen LogP) is 24.4. The molecule has 0 aliphatic heterocycles. The maximum atomic E-state index is 13.0. The van der Waals surface area contributed by atoms with E-state index in [1.165, 1.54) is 122 Å². The van der Waals surface area contributed by atoms with Gasteiger partial charge < -0.3 is 34.2 Å². The molecule has 0 saturated carbocycles. The minimum absolute atomic E-state index is 0.0787. The molecule has 105 heavy (non-hydrogen) atoms. The summed E-state index contributed by atoms with van der Waals surface area (Å²) in [5.41, 5.74) is 0. The van der Waals surface area contributed by atoms with Crippen LogP contribution in [0.1, 0.15) is 329 Å². The van der Waals surface area contributed by atoms with Crippen molar-refractivity contribution in [2.75, 3.05) is 39.6 Å². The van der Waals surface area contributed by atoms with Crippen LogP contribution in [0.2, 0.25) is 0 Å². The number of aliphatic hydroxyl groups excluding tert-OH is 2. The largest absolute Gasteiger partial charge is 0.472 e. The van der Waals surface area contributed by atoms with Gasteiger partial charge in [-0.05, 0) is 148 Å². The number of phosphoric ester groups is 2. The van der Waals surface area contributed by atoms with Gasteiger partial charge in [0.25, 0.3) is 0 Å². The molecule has 0 rings (SSSR count). The van der Waals surface area contributed by atoms with E-state index in [0.717, 1.165) is 148 Å². The van der Waals surface area contributed by atoms with Crippen LogP contribution < -0.4 is 0 Å². The van der Waals surface area contributed by atoms with Gasteiger partial charge in [-0.3, -0.25) is 32.5 Å². The minimum Gasteiger partial charge on any atom is -0.463 e. The lowest BCUT2D eigenvalue weighted by Gasteiger charge is -2.21. The van der Waals surface area contributed by atoms with Crippen LogP contribution in [0.15, 0.2) is 146 Å². The molecule has 0 heterocycles. The van der Waals surface area contributed by atoms with Crippen molar-refractivity contribution in [3.8, 4) is 0 Å². The number of hydrogen-bond donors (Lipinski definition) is 4. The molecule has 0 aromatic heterocycles. The van der Waals surface area contributed by atoms with Crippen LogP contribution in [0, 0.1) is 0 Å². The third-order valence-electron chi connectivity index (χ3n) is 17.0. The van der Waals surface area contributed by atoms with Gasteiger partial charge in [0.1, 0.15) is 25.4 Å². The quantitative estimate of drug-likeness (QED) is 0.0146. The van der Waals surface area contributed by atoms with E-state index in [1.807, 2.05) is 0 Å². The fourth-order valence-corrected chi connectivity index (χ4v) is 12.4. The highest BCUT2D eigenvalue weighted by Gasteiger charge is 2.29. The molecule has 0 aromatic carbocycles. The highest BCUT2D eigenvalue weighted by Crippen LogP contribution is 2.45. The number of aliphatic hydroxyl groups is 2. The van der Waals surface area contributed by atoms with Crippen LogP contribution in [0.3, 0.4) is 0 Å². The first-order valence-corrected chi connectivity index (χ1v) is 44.1. The van der Waals surface area contributed by atoms with Crippen LogP contribution in [0.25, 0.3) is 0 Å². The zero-order chi connectivity index (χ0) is 76.6. The Morgan fingerprint density at radius 2 is 0.505 bits per heavy atom. The van der Waals surface area contributed by atoms with E-state index < -0.39 is 91.5 Å². The van der Waals surface area contributed by atoms with Crippen molar-refractivity contribution in [2.24, 2.45) is 0 Å². The van der Waals surface area contributed by atoms with Crippen LogP contribution in [-0.2, 0) is 55.8 Å². The molecule has 4 N–H and O–H groups in total. The van der Waals surface area contributed by atoms with E-state index in [4.69, 9.17) is 32.3 Å². The lowest BCUT2D eigenvalue weighted by Crippen LogP contribution is -2.30. The Balaban J connectivity index is 4.53. The second kappa shape index (κ2) is 79.0. The molecule has 0 aromatic rings. The molecule has 5 atom stereocenters. The smallest absolute Gasteiger partial charge is 0.463 e. The summed E-state index contributed by atoms with van der Waals surface area (Å²) in [5.74, 6) is -1.62. The molecule has 0 saturated heterocycles. The number of unbranched alkanes of at least 4 members (excludes halogenated alkanes) is 30. The van der Waals surface area contributed by atoms with Crippen LogP contribution in [0.5, 0.6) is 0 Å². The Hall–Kier alpha value is -4.57. The van der Waals surface area contributed by atoms with Gasteiger partial charge in [-0.1, -0.05) is 308 Å². The summed E-state index contributed by atoms with van der Waals surface area (Å²) in [7, 11) is -9.81. The standard InChI is InChI=1S/C87H148O16P2/c1-4-7-10-13-16-19-22-25-28-30-32-34-36-37-38-39-40-41-42-43-45-47-48-50-53-55-58-61-64-67-70-73-85(90)97-76-82(88)77-99-104(93,94)100-78-83(89)79-101-105(95,96)102-81-84(103-87(92)75-72-69-66-63-60-57-52-27-24-21-18-15-12-9-6-3)80-98-86(91)74-71-68-65-62-59-56-54-51-49-46-44-35-33-31-29-26-23-20-17-14-11-8-5-2/h8,11,16-21,25-29,32-35,37-38,46,49,52,54,56,82-84,88-89H,4-7,9-10,12-15,22-24,30-31,36,39-45,47-48,50-51,53,55,57-81H2,1-3H3,(H,93,94)(H,95,96)/b11-8-,19-16-,20-17-,21-18-,28-25-,29-26-,34-32-,35-33-,38-37-,49-46-,52-27-,56-54-. The minimum atomic E-state index is -4.95. The Morgan fingerprint density at radius 3 is 0.800 bits per heavy atom. The Kier molecular flexibility index (Phi) is 75.6. The molecule has 0 spiro atoms. The molecule has 18 heteroatoms. The number of hydrogen-bond acceptors (Lipinski definition) is 14. The maximum absolute atomic E-state index is 13.0. The van der Waals surface area contributed by atoms with Crippen LogP contribution >= 0.6 is 15.6 Å². The van der Waals surface area contributed by atoms with Crippen molar-refractivity contribution in [1.29, 1.82) is 0 Å². The second-order valence-electron chi connectivity index (χ2n) is 27.2. The molecule has 0 radical (unpaired) electrons. The molecule has 0 amide bonds. The van der Waals surface area contributed by atoms with Gasteiger partial charge in [-0.15, -0.1) is 0 Å². The topological polar surface area (TPSA) is 231 Å². The predicted molar refractivity (Wildman–Crippen MR) is 436 cm³/mol. The van der Waals surface area contributed by atoms with Crippen molar-refractivity contribution in [2.45, 2.75) is 347 Å². The summed E-state index contributed by atoms with van der Waals surface area (Å²) in [6, 6.07) is 0. The SMILES string of the molecule is CC/C=C\C/C=C\C/C=C\C/C=C\C/C=C\C/C=C\CCCCCCC(=O)OCC(COP(=O)(O)OCC(O)COP(=O)(O)OCC(O)COC(=O)CCCCCCCCCCCCCCCCC/C=C\C/C=C\C/C=C\C/C=C\CCCCC)OC(=O)CCCCCCC/C=C\C/C=C\CCCCC. The summed E-state index contributed by atoms with van der Waals surface area (Å²) in [4.78, 5) is 58.7. The summed E-state index contributed by atoms with van der Waals surface area (Å²) in [6.07, 6.45) is 97.6. The monoisotopic (exact) mass is 1510 g/mol. The first kappa shape index (κ1) is 100. The number of ether oxygens (including phenoxy) is 3. The molecule has 0 aliphatic carbocycles. The first-order chi connectivity index (χ1) is 51.2. The van der Waals surface area contributed by atoms with E-state index in [0.29, 0.717) is 19.3 Å². The average Bonchev–Trinajstić information content (AvgIpc) is 0.920. The molecule has 602 valence electrons. The van der Waals surface area contributed by atoms with E-state index in [9.17, 15) is 43.5 Å². The van der Waals surface area contributed by atoms with Gasteiger partial charge >= 0.3 is 33.6 Å². The van der Waals surface area contributed by atoms with Gasteiger partial charge in [0.15, 0.2) is 6.10 Å². The normalized spacial score (nSPS) is 14.7. The van der Waals surface area contributed by atoms with Gasteiger partial charge in [-0.2, -0.15) is 0 Å². The molecule has 0 aliphatic rings. The van der Waals surface area contributed by atoms with E-state index >= 15 is 0 Å². The van der Waals surface area contributed by atoms with Crippen molar-refractivity contribution < 1.29 is 75.8 Å². The number of phosphoric acid groups is 2. The third-order valence-corrected chi connectivity index (χ3v) is 18.9. The summed E-state index contributed by atoms with van der Waals surface area (Å²) < 4.78 is 61.2.